The normalized spacial score (nSPS) is 10.9. The molecule has 0 atom stereocenters. The van der Waals surface area contributed by atoms with Gasteiger partial charge in [0.1, 0.15) is 23.0 Å². The Balaban J connectivity index is 2.21. The van der Waals surface area contributed by atoms with Gasteiger partial charge in [0.25, 0.3) is 0 Å². The molecule has 0 N–H and O–H groups in total. The first-order chi connectivity index (χ1) is 11.1. The Morgan fingerprint density at radius 3 is 1.65 bits per heavy atom. The Morgan fingerprint density at radius 1 is 0.826 bits per heavy atom. The van der Waals surface area contributed by atoms with Gasteiger partial charge in [-0.05, 0) is 31.2 Å². The molecule has 124 valence electrons. The summed E-state index contributed by atoms with van der Waals surface area (Å²) < 4.78 is 39.1. The Kier molecular flexibility index (Phi) is 5.90. The van der Waals surface area contributed by atoms with Crippen LogP contribution in [-0.4, -0.2) is 20.8 Å². The van der Waals surface area contributed by atoms with Crippen LogP contribution < -0.4 is 18.5 Å². The van der Waals surface area contributed by atoms with E-state index in [1.807, 2.05) is 0 Å². The summed E-state index contributed by atoms with van der Waals surface area (Å²) in [6.07, 6.45) is 0. The highest BCUT2D eigenvalue weighted by atomic mass is 31.2. The molecule has 7 heteroatoms. The van der Waals surface area contributed by atoms with Crippen molar-refractivity contribution in [2.45, 2.75) is 6.92 Å². The van der Waals surface area contributed by atoms with Crippen molar-refractivity contribution in [3.63, 3.8) is 0 Å². The number of phosphoric acid groups is 1. The number of phosphoric ester groups is 1. The fraction of sp³-hybridized carbons (Fsp3) is 0.250. The van der Waals surface area contributed by atoms with Gasteiger partial charge in [0, 0.05) is 12.1 Å². The lowest BCUT2D eigenvalue weighted by atomic mass is 10.3. The first-order valence-electron chi connectivity index (χ1n) is 7.00. The van der Waals surface area contributed by atoms with Crippen molar-refractivity contribution in [2.24, 2.45) is 0 Å². The number of hydrogen-bond acceptors (Lipinski definition) is 6. The lowest BCUT2D eigenvalue weighted by molar-refractivity contribution is 0.219. The number of rotatable bonds is 8. The van der Waals surface area contributed by atoms with Gasteiger partial charge in [-0.2, -0.15) is 0 Å². The molecule has 0 bridgehead atoms. The molecule has 0 radical (unpaired) electrons. The summed E-state index contributed by atoms with van der Waals surface area (Å²) in [5, 5.41) is 0. The third-order valence-electron chi connectivity index (χ3n) is 2.80. The van der Waals surface area contributed by atoms with E-state index in [-0.39, 0.29) is 6.61 Å². The summed E-state index contributed by atoms with van der Waals surface area (Å²) in [5.41, 5.74) is 0. The monoisotopic (exact) mass is 338 g/mol. The summed E-state index contributed by atoms with van der Waals surface area (Å²) in [5.74, 6) is 1.80. The van der Waals surface area contributed by atoms with Gasteiger partial charge in [-0.25, -0.2) is 4.57 Å². The van der Waals surface area contributed by atoms with E-state index in [9.17, 15) is 4.57 Å². The Bertz CT molecular complexity index is 634. The fourth-order valence-electron chi connectivity index (χ4n) is 1.80. The maximum Gasteiger partial charge on any atom is 0.587 e. The van der Waals surface area contributed by atoms with Gasteiger partial charge in [-0.3, -0.25) is 4.52 Å². The molecule has 2 rings (SSSR count). The topological polar surface area (TPSA) is 63.2 Å². The minimum atomic E-state index is -3.83. The zero-order chi connectivity index (χ0) is 16.7. The number of hydrogen-bond donors (Lipinski definition) is 0. The first-order valence-corrected chi connectivity index (χ1v) is 8.46. The van der Waals surface area contributed by atoms with Crippen LogP contribution in [-0.2, 0) is 9.09 Å². The Hall–Kier alpha value is -2.17. The van der Waals surface area contributed by atoms with E-state index in [1.165, 1.54) is 14.2 Å². The summed E-state index contributed by atoms with van der Waals surface area (Å²) in [4.78, 5) is 0. The fourth-order valence-corrected chi connectivity index (χ4v) is 3.01. The second-order valence-electron chi connectivity index (χ2n) is 4.41. The standard InChI is InChI=1S/C16H19O6P/c1-4-20-23(17,21-15-9-5-7-13(11-15)18-2)22-16-10-6-8-14(12-16)19-3/h5-12H,4H2,1-3H3. The quantitative estimate of drug-likeness (QED) is 0.669. The largest absolute Gasteiger partial charge is 0.587 e. The molecule has 0 aliphatic rings. The van der Waals surface area contributed by atoms with E-state index in [0.717, 1.165) is 0 Å². The van der Waals surface area contributed by atoms with E-state index >= 15 is 0 Å². The molecule has 6 nitrogen and oxygen atoms in total. The number of ether oxygens (including phenoxy) is 2. The van der Waals surface area contributed by atoms with Crippen molar-refractivity contribution in [2.75, 3.05) is 20.8 Å². The van der Waals surface area contributed by atoms with Crippen molar-refractivity contribution in [3.8, 4) is 23.0 Å². The minimum absolute atomic E-state index is 0.172. The highest BCUT2D eigenvalue weighted by molar-refractivity contribution is 7.49. The molecule has 0 unspecified atom stereocenters. The third-order valence-corrected chi connectivity index (χ3v) is 4.25. The summed E-state index contributed by atoms with van der Waals surface area (Å²) >= 11 is 0. The third kappa shape index (κ3) is 4.91. The molecular formula is C16H19O6P. The number of methoxy groups -OCH3 is 2. The predicted octanol–water partition coefficient (Wildman–Crippen LogP) is 4.31. The average Bonchev–Trinajstić information content (AvgIpc) is 2.55. The molecule has 0 saturated carbocycles. The molecule has 0 saturated heterocycles. The van der Waals surface area contributed by atoms with Crippen LogP contribution in [0.5, 0.6) is 23.0 Å². The summed E-state index contributed by atoms with van der Waals surface area (Å²) in [6.45, 7) is 1.88. The van der Waals surface area contributed by atoms with Gasteiger partial charge >= 0.3 is 7.82 Å². The highest BCUT2D eigenvalue weighted by Gasteiger charge is 2.30. The lowest BCUT2D eigenvalue weighted by Crippen LogP contribution is -2.05. The van der Waals surface area contributed by atoms with E-state index in [1.54, 1.807) is 55.5 Å². The minimum Gasteiger partial charge on any atom is -0.497 e. The summed E-state index contributed by atoms with van der Waals surface area (Å²) in [7, 11) is -0.764. The van der Waals surface area contributed by atoms with Crippen LogP contribution in [0.1, 0.15) is 6.92 Å². The molecule has 0 amide bonds. The van der Waals surface area contributed by atoms with Gasteiger partial charge in [0.05, 0.1) is 20.8 Å². The molecular weight excluding hydrogens is 319 g/mol. The average molecular weight is 338 g/mol. The van der Waals surface area contributed by atoms with Crippen LogP contribution >= 0.6 is 7.82 Å². The molecule has 2 aromatic carbocycles. The van der Waals surface area contributed by atoms with E-state index in [2.05, 4.69) is 0 Å². The van der Waals surface area contributed by atoms with Gasteiger partial charge in [0.2, 0.25) is 0 Å². The first kappa shape index (κ1) is 17.2. The van der Waals surface area contributed by atoms with Gasteiger partial charge < -0.3 is 18.5 Å². The van der Waals surface area contributed by atoms with Crippen LogP contribution in [0.2, 0.25) is 0 Å². The summed E-state index contributed by atoms with van der Waals surface area (Å²) in [6, 6.07) is 13.4. The maximum atomic E-state index is 12.8. The highest BCUT2D eigenvalue weighted by Crippen LogP contribution is 2.50. The SMILES string of the molecule is CCOP(=O)(Oc1cccc(OC)c1)Oc1cccc(OC)c1. The van der Waals surface area contributed by atoms with Gasteiger partial charge in [-0.1, -0.05) is 12.1 Å². The van der Waals surface area contributed by atoms with Crippen LogP contribution in [0.25, 0.3) is 0 Å². The second-order valence-corrected chi connectivity index (χ2v) is 5.92. The van der Waals surface area contributed by atoms with E-state index in [0.29, 0.717) is 23.0 Å². The molecule has 23 heavy (non-hydrogen) atoms. The molecule has 0 aliphatic carbocycles. The van der Waals surface area contributed by atoms with E-state index < -0.39 is 7.82 Å². The lowest BCUT2D eigenvalue weighted by Gasteiger charge is -2.18. The van der Waals surface area contributed by atoms with Crippen LogP contribution in [0.15, 0.2) is 48.5 Å². The molecule has 0 aromatic heterocycles. The van der Waals surface area contributed by atoms with Crippen molar-refractivity contribution in [3.05, 3.63) is 48.5 Å². The molecule has 0 fully saturated rings. The molecule has 0 aliphatic heterocycles. The van der Waals surface area contributed by atoms with Gasteiger partial charge in [-0.15, -0.1) is 0 Å². The van der Waals surface area contributed by atoms with Crippen LogP contribution in [0.4, 0.5) is 0 Å². The number of benzene rings is 2. The van der Waals surface area contributed by atoms with Crippen LogP contribution in [0, 0.1) is 0 Å². The van der Waals surface area contributed by atoms with Crippen molar-refractivity contribution in [1.82, 2.24) is 0 Å². The molecule has 0 heterocycles. The Labute approximate surface area is 135 Å². The van der Waals surface area contributed by atoms with Crippen molar-refractivity contribution < 1.29 is 27.6 Å². The maximum absolute atomic E-state index is 12.8. The Morgan fingerprint density at radius 2 is 1.26 bits per heavy atom. The predicted molar refractivity (Wildman–Crippen MR) is 86.5 cm³/mol. The molecule has 2 aromatic rings. The van der Waals surface area contributed by atoms with E-state index in [4.69, 9.17) is 23.0 Å². The van der Waals surface area contributed by atoms with Gasteiger partial charge in [0.15, 0.2) is 0 Å². The molecule has 0 spiro atoms. The van der Waals surface area contributed by atoms with Crippen molar-refractivity contribution >= 4 is 7.82 Å². The second kappa shape index (κ2) is 7.90. The van der Waals surface area contributed by atoms with Crippen LogP contribution in [0.3, 0.4) is 0 Å². The van der Waals surface area contributed by atoms with Crippen molar-refractivity contribution in [1.29, 1.82) is 0 Å². The smallest absolute Gasteiger partial charge is 0.497 e. The zero-order valence-corrected chi connectivity index (χ0v) is 14.1. The zero-order valence-electron chi connectivity index (χ0n) is 13.2.